The van der Waals surface area contributed by atoms with Gasteiger partial charge in [-0.15, -0.1) is 13.2 Å². The third-order valence-electron chi connectivity index (χ3n) is 3.43. The Kier molecular flexibility index (Phi) is 5.25. The van der Waals surface area contributed by atoms with Crippen molar-refractivity contribution in [1.82, 2.24) is 10.2 Å². The van der Waals surface area contributed by atoms with Crippen molar-refractivity contribution in [3.05, 3.63) is 24.3 Å². The van der Waals surface area contributed by atoms with Gasteiger partial charge in [0.15, 0.2) is 0 Å². The second-order valence-corrected chi connectivity index (χ2v) is 5.02. The molecule has 0 aliphatic carbocycles. The molecule has 22 heavy (non-hydrogen) atoms. The third kappa shape index (κ3) is 4.88. The fourth-order valence-corrected chi connectivity index (χ4v) is 2.22. The molecule has 1 fully saturated rings. The van der Waals surface area contributed by atoms with Crippen LogP contribution in [0.25, 0.3) is 0 Å². The largest absolute Gasteiger partial charge is 0.573 e. The number of nitrogens with zero attached hydrogens (tertiary/aromatic N) is 1. The zero-order chi connectivity index (χ0) is 16.2. The van der Waals surface area contributed by atoms with E-state index >= 15 is 0 Å². The number of alkyl halides is 3. The number of rotatable bonds is 4. The Morgan fingerprint density at radius 1 is 1.27 bits per heavy atom. The number of halogens is 3. The number of anilines is 1. The molecule has 2 N–H and O–H groups in total. The van der Waals surface area contributed by atoms with Crippen LogP contribution < -0.4 is 15.4 Å². The van der Waals surface area contributed by atoms with E-state index in [0.717, 1.165) is 26.2 Å². The number of amides is 1. The Hall–Kier alpha value is -1.80. The molecule has 5 nitrogen and oxygen atoms in total. The van der Waals surface area contributed by atoms with Crippen molar-refractivity contribution in [1.29, 1.82) is 0 Å². The van der Waals surface area contributed by atoms with E-state index in [4.69, 9.17) is 0 Å². The minimum Gasteiger partial charge on any atom is -0.406 e. The molecule has 0 spiro atoms. The lowest BCUT2D eigenvalue weighted by molar-refractivity contribution is -0.274. The van der Waals surface area contributed by atoms with Crippen LogP contribution in [0.4, 0.5) is 18.9 Å². The van der Waals surface area contributed by atoms with Crippen LogP contribution in [0.5, 0.6) is 5.75 Å². The Balaban J connectivity index is 1.91. The van der Waals surface area contributed by atoms with Crippen molar-refractivity contribution >= 4 is 11.6 Å². The van der Waals surface area contributed by atoms with Gasteiger partial charge in [0.25, 0.3) is 0 Å². The van der Waals surface area contributed by atoms with Crippen molar-refractivity contribution in [2.75, 3.05) is 31.5 Å². The monoisotopic (exact) mass is 317 g/mol. The summed E-state index contributed by atoms with van der Waals surface area (Å²) in [5.74, 6) is -0.507. The van der Waals surface area contributed by atoms with E-state index in [9.17, 15) is 18.0 Å². The van der Waals surface area contributed by atoms with Gasteiger partial charge >= 0.3 is 6.36 Å². The Bertz CT molecular complexity index is 499. The summed E-state index contributed by atoms with van der Waals surface area (Å²) in [7, 11) is 0. The first-order valence-electron chi connectivity index (χ1n) is 6.96. The maximum absolute atomic E-state index is 12.1. The van der Waals surface area contributed by atoms with Crippen molar-refractivity contribution in [3.63, 3.8) is 0 Å². The maximum atomic E-state index is 12.1. The number of piperazine rings is 1. The molecule has 0 saturated carbocycles. The van der Waals surface area contributed by atoms with E-state index in [1.54, 1.807) is 0 Å². The summed E-state index contributed by atoms with van der Waals surface area (Å²) in [5.41, 5.74) is 0.432. The standard InChI is InChI=1S/C14H18F3N3O2/c1-10(20-8-6-18-7-9-20)13(21)19-11-2-4-12(5-3-11)22-14(15,16)17/h2-5,10,18H,6-9H2,1H3,(H,19,21). The molecular weight excluding hydrogens is 299 g/mol. The van der Waals surface area contributed by atoms with Crippen molar-refractivity contribution in [2.45, 2.75) is 19.3 Å². The van der Waals surface area contributed by atoms with Gasteiger partial charge in [-0.05, 0) is 31.2 Å². The normalized spacial score (nSPS) is 17.8. The van der Waals surface area contributed by atoms with E-state index in [1.807, 2.05) is 11.8 Å². The van der Waals surface area contributed by atoms with Gasteiger partial charge in [-0.1, -0.05) is 0 Å². The molecular formula is C14H18F3N3O2. The lowest BCUT2D eigenvalue weighted by Crippen LogP contribution is -2.51. The molecule has 2 rings (SSSR count). The minimum absolute atomic E-state index is 0.189. The quantitative estimate of drug-likeness (QED) is 0.889. The molecule has 0 radical (unpaired) electrons. The van der Waals surface area contributed by atoms with Gasteiger partial charge in [0, 0.05) is 31.9 Å². The molecule has 1 amide bonds. The summed E-state index contributed by atoms with van der Waals surface area (Å²) >= 11 is 0. The fourth-order valence-electron chi connectivity index (χ4n) is 2.22. The highest BCUT2D eigenvalue weighted by atomic mass is 19.4. The van der Waals surface area contributed by atoms with Crippen molar-refractivity contribution in [3.8, 4) is 5.75 Å². The smallest absolute Gasteiger partial charge is 0.406 e. The minimum atomic E-state index is -4.72. The Morgan fingerprint density at radius 2 is 1.86 bits per heavy atom. The van der Waals surface area contributed by atoms with Crippen LogP contribution in [0.1, 0.15) is 6.92 Å². The molecule has 0 bridgehead atoms. The SMILES string of the molecule is CC(C(=O)Nc1ccc(OC(F)(F)F)cc1)N1CCNCC1. The zero-order valence-corrected chi connectivity index (χ0v) is 12.1. The lowest BCUT2D eigenvalue weighted by atomic mass is 10.2. The molecule has 1 aliphatic rings. The summed E-state index contributed by atoms with van der Waals surface area (Å²) in [5, 5.41) is 5.90. The van der Waals surface area contributed by atoms with E-state index in [1.165, 1.54) is 24.3 Å². The van der Waals surface area contributed by atoms with E-state index in [2.05, 4.69) is 15.4 Å². The molecule has 1 aliphatic heterocycles. The topological polar surface area (TPSA) is 53.6 Å². The van der Waals surface area contributed by atoms with E-state index < -0.39 is 6.36 Å². The van der Waals surface area contributed by atoms with Gasteiger partial charge in [0.05, 0.1) is 6.04 Å². The Labute approximate surface area is 126 Å². The number of carbonyl (C=O) groups excluding carboxylic acids is 1. The van der Waals surface area contributed by atoms with E-state index in [0.29, 0.717) is 5.69 Å². The molecule has 1 aromatic rings. The van der Waals surface area contributed by atoms with Gasteiger partial charge in [-0.2, -0.15) is 0 Å². The van der Waals surface area contributed by atoms with Gasteiger partial charge < -0.3 is 15.4 Å². The third-order valence-corrected chi connectivity index (χ3v) is 3.43. The molecule has 0 aromatic heterocycles. The summed E-state index contributed by atoms with van der Waals surface area (Å²) < 4.78 is 40.0. The summed E-state index contributed by atoms with van der Waals surface area (Å²) in [6.45, 7) is 5.05. The highest BCUT2D eigenvalue weighted by molar-refractivity contribution is 5.94. The molecule has 1 saturated heterocycles. The second kappa shape index (κ2) is 6.97. The van der Waals surface area contributed by atoms with E-state index in [-0.39, 0.29) is 17.7 Å². The molecule has 1 aromatic carbocycles. The highest BCUT2D eigenvalue weighted by Gasteiger charge is 2.31. The fraction of sp³-hybridized carbons (Fsp3) is 0.500. The average Bonchev–Trinajstić information content (AvgIpc) is 2.48. The van der Waals surface area contributed by atoms with Crippen LogP contribution >= 0.6 is 0 Å². The average molecular weight is 317 g/mol. The molecule has 8 heteroatoms. The molecule has 1 heterocycles. The van der Waals surface area contributed by atoms with Crippen LogP contribution in [-0.2, 0) is 4.79 Å². The molecule has 122 valence electrons. The van der Waals surface area contributed by atoms with Gasteiger partial charge in [-0.3, -0.25) is 9.69 Å². The number of hydrogen-bond donors (Lipinski definition) is 2. The molecule has 1 unspecified atom stereocenters. The van der Waals surface area contributed by atoms with Crippen LogP contribution in [0.3, 0.4) is 0 Å². The second-order valence-electron chi connectivity index (χ2n) is 5.02. The van der Waals surface area contributed by atoms with Gasteiger partial charge in [0.1, 0.15) is 5.75 Å². The summed E-state index contributed by atoms with van der Waals surface area (Å²) in [6, 6.07) is 4.79. The summed E-state index contributed by atoms with van der Waals surface area (Å²) in [6.07, 6.45) is -4.72. The number of hydrogen-bond acceptors (Lipinski definition) is 4. The van der Waals surface area contributed by atoms with Gasteiger partial charge in [0.2, 0.25) is 5.91 Å². The predicted molar refractivity (Wildman–Crippen MR) is 75.7 cm³/mol. The maximum Gasteiger partial charge on any atom is 0.573 e. The van der Waals surface area contributed by atoms with Crippen LogP contribution in [0.2, 0.25) is 0 Å². The van der Waals surface area contributed by atoms with Crippen molar-refractivity contribution in [2.24, 2.45) is 0 Å². The van der Waals surface area contributed by atoms with Gasteiger partial charge in [-0.25, -0.2) is 0 Å². The van der Waals surface area contributed by atoms with Crippen molar-refractivity contribution < 1.29 is 22.7 Å². The lowest BCUT2D eigenvalue weighted by Gasteiger charge is -2.31. The number of benzene rings is 1. The summed E-state index contributed by atoms with van der Waals surface area (Å²) in [4.78, 5) is 14.2. The number of ether oxygens (including phenoxy) is 1. The zero-order valence-electron chi connectivity index (χ0n) is 12.1. The first kappa shape index (κ1) is 16.6. The van der Waals surface area contributed by atoms with Crippen LogP contribution in [-0.4, -0.2) is 49.4 Å². The molecule has 1 atom stereocenters. The van der Waals surface area contributed by atoms with Crippen LogP contribution in [0, 0.1) is 0 Å². The van der Waals surface area contributed by atoms with Crippen LogP contribution in [0.15, 0.2) is 24.3 Å². The highest BCUT2D eigenvalue weighted by Crippen LogP contribution is 2.24. The predicted octanol–water partition coefficient (Wildman–Crippen LogP) is 1.82. The first-order valence-corrected chi connectivity index (χ1v) is 6.96. The first-order chi connectivity index (χ1) is 10.3. The number of nitrogens with one attached hydrogen (secondary N) is 2. The Morgan fingerprint density at radius 3 is 2.41 bits per heavy atom. The number of carbonyl (C=O) groups is 1.